The number of nitrogens with one attached hydrogen (secondary N) is 2. The maximum absolute atomic E-state index is 9.56. The minimum absolute atomic E-state index is 0.458. The molecule has 1 atom stereocenters. The van der Waals surface area contributed by atoms with Crippen molar-refractivity contribution in [3.05, 3.63) is 17.2 Å². The van der Waals surface area contributed by atoms with E-state index < -0.39 is 6.10 Å². The molecule has 0 aliphatic carbocycles. The number of aliphatic hydroxyl groups excluding tert-OH is 1. The van der Waals surface area contributed by atoms with Crippen LogP contribution in [0.2, 0.25) is 0 Å². The fourth-order valence-corrected chi connectivity index (χ4v) is 1.53. The molecule has 1 unspecified atom stereocenters. The highest BCUT2D eigenvalue weighted by Crippen LogP contribution is 2.19. The van der Waals surface area contributed by atoms with Gasteiger partial charge in [0.25, 0.3) is 0 Å². The second-order valence-corrected chi connectivity index (χ2v) is 3.13. The summed E-state index contributed by atoms with van der Waals surface area (Å²) in [7, 11) is 1.62. The Morgan fingerprint density at radius 2 is 2.54 bits per heavy atom. The van der Waals surface area contributed by atoms with Gasteiger partial charge in [0.2, 0.25) is 0 Å². The summed E-state index contributed by atoms with van der Waals surface area (Å²) in [5.74, 6) is 0.773. The van der Waals surface area contributed by atoms with Crippen LogP contribution in [0, 0.1) is 0 Å². The van der Waals surface area contributed by atoms with Crippen LogP contribution in [-0.4, -0.2) is 28.7 Å². The van der Waals surface area contributed by atoms with Crippen molar-refractivity contribution in [2.45, 2.75) is 19.3 Å². The molecule has 13 heavy (non-hydrogen) atoms. The number of aromatic amines is 1. The predicted molar refractivity (Wildman–Crippen MR) is 46.0 cm³/mol. The largest absolute Gasteiger partial charge is 0.385 e. The van der Waals surface area contributed by atoms with Gasteiger partial charge in [0.1, 0.15) is 18.5 Å². The van der Waals surface area contributed by atoms with Crippen molar-refractivity contribution >= 4 is 0 Å². The first-order valence-electron chi connectivity index (χ1n) is 4.26. The summed E-state index contributed by atoms with van der Waals surface area (Å²) in [6, 6.07) is 0. The van der Waals surface area contributed by atoms with Gasteiger partial charge in [-0.25, -0.2) is 4.98 Å². The molecule has 3 N–H and O–H groups in total. The van der Waals surface area contributed by atoms with Gasteiger partial charge in [-0.3, -0.25) is 0 Å². The lowest BCUT2D eigenvalue weighted by Gasteiger charge is -2.16. The lowest BCUT2D eigenvalue weighted by molar-refractivity contribution is 0.159. The van der Waals surface area contributed by atoms with Gasteiger partial charge in [-0.15, -0.1) is 0 Å². The Morgan fingerprint density at radius 1 is 1.69 bits per heavy atom. The number of aliphatic hydroxyl groups is 1. The lowest BCUT2D eigenvalue weighted by atomic mass is 10.1. The SMILES string of the molecule is COCc1nc2c([nH]1)CNCC2O. The van der Waals surface area contributed by atoms with E-state index in [0.717, 1.165) is 23.8 Å². The summed E-state index contributed by atoms with van der Waals surface area (Å²) in [5.41, 5.74) is 1.72. The van der Waals surface area contributed by atoms with E-state index in [1.165, 1.54) is 0 Å². The molecule has 1 aromatic heterocycles. The molecule has 0 spiro atoms. The molecule has 0 saturated carbocycles. The zero-order valence-electron chi connectivity index (χ0n) is 7.50. The van der Waals surface area contributed by atoms with Gasteiger partial charge in [0.05, 0.1) is 11.4 Å². The monoisotopic (exact) mass is 183 g/mol. The van der Waals surface area contributed by atoms with Crippen molar-refractivity contribution in [2.24, 2.45) is 0 Å². The molecule has 0 bridgehead atoms. The van der Waals surface area contributed by atoms with Crippen LogP contribution in [0.4, 0.5) is 0 Å². The number of ether oxygens (including phenoxy) is 1. The van der Waals surface area contributed by atoms with Gasteiger partial charge in [-0.2, -0.15) is 0 Å². The second-order valence-electron chi connectivity index (χ2n) is 3.13. The first-order chi connectivity index (χ1) is 6.31. The van der Waals surface area contributed by atoms with Crippen LogP contribution < -0.4 is 5.32 Å². The number of imidazole rings is 1. The van der Waals surface area contributed by atoms with Crippen LogP contribution in [0.25, 0.3) is 0 Å². The quantitative estimate of drug-likeness (QED) is 0.588. The summed E-state index contributed by atoms with van der Waals surface area (Å²) < 4.78 is 4.95. The van der Waals surface area contributed by atoms with E-state index in [1.54, 1.807) is 7.11 Å². The van der Waals surface area contributed by atoms with Crippen LogP contribution in [0.15, 0.2) is 0 Å². The molecule has 5 heteroatoms. The third-order valence-electron chi connectivity index (χ3n) is 2.10. The van der Waals surface area contributed by atoms with Gasteiger partial charge in [0.15, 0.2) is 0 Å². The van der Waals surface area contributed by atoms with E-state index in [2.05, 4.69) is 15.3 Å². The average molecular weight is 183 g/mol. The first-order valence-corrected chi connectivity index (χ1v) is 4.26. The predicted octanol–water partition coefficient (Wildman–Crippen LogP) is -0.307. The summed E-state index contributed by atoms with van der Waals surface area (Å²) in [6.45, 7) is 1.77. The fraction of sp³-hybridized carbons (Fsp3) is 0.625. The third-order valence-corrected chi connectivity index (χ3v) is 2.10. The number of hydrogen-bond acceptors (Lipinski definition) is 4. The van der Waals surface area contributed by atoms with Crippen molar-refractivity contribution in [3.8, 4) is 0 Å². The Hall–Kier alpha value is -0.910. The number of hydrogen-bond donors (Lipinski definition) is 3. The van der Waals surface area contributed by atoms with Crippen LogP contribution in [0.3, 0.4) is 0 Å². The smallest absolute Gasteiger partial charge is 0.132 e. The third kappa shape index (κ3) is 1.58. The van der Waals surface area contributed by atoms with E-state index in [9.17, 15) is 5.11 Å². The Labute approximate surface area is 76.1 Å². The number of H-pyrrole nitrogens is 1. The standard InChI is InChI=1S/C8H13N3O2/c1-13-4-7-10-5-2-9-3-6(12)8(5)11-7/h6,9,12H,2-4H2,1H3,(H,10,11). The van der Waals surface area contributed by atoms with E-state index in [1.807, 2.05) is 0 Å². The van der Waals surface area contributed by atoms with E-state index in [4.69, 9.17) is 4.74 Å². The Balaban J connectivity index is 2.25. The van der Waals surface area contributed by atoms with Crippen LogP contribution in [0.5, 0.6) is 0 Å². The lowest BCUT2D eigenvalue weighted by Crippen LogP contribution is -2.27. The molecular weight excluding hydrogens is 170 g/mol. The molecular formula is C8H13N3O2. The van der Waals surface area contributed by atoms with Crippen LogP contribution in [-0.2, 0) is 17.9 Å². The average Bonchev–Trinajstić information content (AvgIpc) is 2.49. The molecule has 0 radical (unpaired) electrons. The van der Waals surface area contributed by atoms with Crippen molar-refractivity contribution in [1.29, 1.82) is 0 Å². The van der Waals surface area contributed by atoms with Crippen LogP contribution in [0.1, 0.15) is 23.3 Å². The summed E-state index contributed by atoms with van der Waals surface area (Å²) in [5, 5.41) is 12.6. The summed E-state index contributed by atoms with van der Waals surface area (Å²) >= 11 is 0. The Bertz CT molecular complexity index is 298. The van der Waals surface area contributed by atoms with Crippen molar-refractivity contribution in [3.63, 3.8) is 0 Å². The highest BCUT2D eigenvalue weighted by molar-refractivity contribution is 5.19. The molecule has 0 fully saturated rings. The van der Waals surface area contributed by atoms with Gasteiger partial charge in [-0.1, -0.05) is 0 Å². The molecule has 5 nitrogen and oxygen atoms in total. The number of fused-ring (bicyclic) bond motifs is 1. The van der Waals surface area contributed by atoms with E-state index >= 15 is 0 Å². The number of methoxy groups -OCH3 is 1. The Kier molecular flexibility index (Phi) is 2.30. The highest BCUT2D eigenvalue weighted by Gasteiger charge is 2.21. The molecule has 2 heterocycles. The molecule has 1 aromatic rings. The van der Waals surface area contributed by atoms with Gasteiger partial charge in [-0.05, 0) is 0 Å². The molecule has 72 valence electrons. The number of β-amino-alcohol motifs (C(OH)–C–C–N with tert-alkyl or cyclic N) is 1. The Morgan fingerprint density at radius 3 is 3.23 bits per heavy atom. The molecule has 2 rings (SSSR count). The minimum Gasteiger partial charge on any atom is -0.385 e. The molecule has 0 amide bonds. The first kappa shape index (κ1) is 8.68. The van der Waals surface area contributed by atoms with Gasteiger partial charge >= 0.3 is 0 Å². The van der Waals surface area contributed by atoms with Crippen molar-refractivity contribution in [2.75, 3.05) is 13.7 Å². The summed E-state index contributed by atoms with van der Waals surface area (Å²) in [4.78, 5) is 7.36. The normalized spacial score (nSPS) is 21.5. The van der Waals surface area contributed by atoms with Gasteiger partial charge in [0, 0.05) is 20.2 Å². The number of rotatable bonds is 2. The van der Waals surface area contributed by atoms with Crippen LogP contribution >= 0.6 is 0 Å². The molecule has 0 saturated heterocycles. The van der Waals surface area contributed by atoms with Crippen molar-refractivity contribution in [1.82, 2.24) is 15.3 Å². The topological polar surface area (TPSA) is 70.2 Å². The zero-order chi connectivity index (χ0) is 9.26. The maximum Gasteiger partial charge on any atom is 0.132 e. The maximum atomic E-state index is 9.56. The minimum atomic E-state index is -0.495. The number of nitrogens with zero attached hydrogens (tertiary/aromatic N) is 1. The summed E-state index contributed by atoms with van der Waals surface area (Å²) in [6.07, 6.45) is -0.495. The fourth-order valence-electron chi connectivity index (χ4n) is 1.53. The van der Waals surface area contributed by atoms with Crippen molar-refractivity contribution < 1.29 is 9.84 Å². The second kappa shape index (κ2) is 3.45. The number of aromatic nitrogens is 2. The molecule has 0 aromatic carbocycles. The van der Waals surface area contributed by atoms with E-state index in [0.29, 0.717) is 13.2 Å². The van der Waals surface area contributed by atoms with Gasteiger partial charge < -0.3 is 20.1 Å². The molecule has 1 aliphatic heterocycles. The molecule has 1 aliphatic rings. The highest BCUT2D eigenvalue weighted by atomic mass is 16.5. The van der Waals surface area contributed by atoms with E-state index in [-0.39, 0.29) is 0 Å². The zero-order valence-corrected chi connectivity index (χ0v) is 7.50.